The van der Waals surface area contributed by atoms with Crippen LogP contribution in [0.2, 0.25) is 0 Å². The summed E-state index contributed by atoms with van der Waals surface area (Å²) in [5.41, 5.74) is 1.78. The molecule has 1 rings (SSSR count). The topological polar surface area (TPSA) is 85.8 Å². The normalized spacial score (nSPS) is 10.8. The molecule has 0 radical (unpaired) electrons. The molecule has 0 bridgehead atoms. The molecule has 3 N–H and O–H groups in total. The van der Waals surface area contributed by atoms with Crippen molar-refractivity contribution in [2.45, 2.75) is 20.3 Å². The summed E-state index contributed by atoms with van der Waals surface area (Å²) in [4.78, 5) is 29.2. The van der Waals surface area contributed by atoms with Crippen molar-refractivity contribution < 1.29 is 9.59 Å². The van der Waals surface area contributed by atoms with Crippen LogP contribution in [-0.4, -0.2) is 63.5 Å². The van der Waals surface area contributed by atoms with E-state index in [4.69, 9.17) is 0 Å². The van der Waals surface area contributed by atoms with E-state index >= 15 is 0 Å². The van der Waals surface area contributed by atoms with Crippen molar-refractivity contribution >= 4 is 41.8 Å². The minimum atomic E-state index is -0.0115. The molecule has 8 heteroatoms. The van der Waals surface area contributed by atoms with Gasteiger partial charge in [0.15, 0.2) is 5.96 Å². The van der Waals surface area contributed by atoms with Crippen LogP contribution in [0, 0.1) is 5.92 Å². The molecule has 27 heavy (non-hydrogen) atoms. The number of amides is 2. The Kier molecular flexibility index (Phi) is 12.4. The number of hydrogen-bond acceptors (Lipinski definition) is 3. The van der Waals surface area contributed by atoms with Gasteiger partial charge in [0.2, 0.25) is 5.91 Å². The summed E-state index contributed by atoms with van der Waals surface area (Å²) < 4.78 is 0. The molecule has 0 unspecified atom stereocenters. The van der Waals surface area contributed by atoms with Crippen LogP contribution in [0.3, 0.4) is 0 Å². The third kappa shape index (κ3) is 9.60. The summed E-state index contributed by atoms with van der Waals surface area (Å²) in [7, 11) is 5.20. The highest BCUT2D eigenvalue weighted by Gasteiger charge is 2.08. The van der Waals surface area contributed by atoms with Gasteiger partial charge < -0.3 is 20.9 Å². The van der Waals surface area contributed by atoms with Gasteiger partial charge in [-0.1, -0.05) is 26.0 Å². The lowest BCUT2D eigenvalue weighted by Gasteiger charge is -2.14. The van der Waals surface area contributed by atoms with Gasteiger partial charge in [0.25, 0.3) is 5.91 Å². The van der Waals surface area contributed by atoms with Crippen molar-refractivity contribution in [1.82, 2.24) is 20.9 Å². The fourth-order valence-electron chi connectivity index (χ4n) is 2.23. The lowest BCUT2D eigenvalue weighted by Crippen LogP contribution is -2.42. The molecular weight excluding hydrogens is 457 g/mol. The third-order valence-corrected chi connectivity index (χ3v) is 3.75. The zero-order valence-electron chi connectivity index (χ0n) is 16.8. The molecule has 0 atom stereocenters. The Balaban J connectivity index is 0.00000676. The number of carbonyl (C=O) groups is 2. The average Bonchev–Trinajstić information content (AvgIpc) is 2.62. The van der Waals surface area contributed by atoms with Crippen LogP contribution in [0.15, 0.2) is 29.3 Å². The molecule has 1 aromatic rings. The Morgan fingerprint density at radius 1 is 1.07 bits per heavy atom. The summed E-state index contributed by atoms with van der Waals surface area (Å²) in [6.45, 7) is 5.57. The minimum Gasteiger partial charge on any atom is -0.356 e. The zero-order chi connectivity index (χ0) is 19.5. The number of aliphatic imine (C=N–C) groups is 1. The Labute approximate surface area is 179 Å². The highest BCUT2D eigenvalue weighted by Crippen LogP contribution is 2.07. The molecule has 0 aliphatic rings. The van der Waals surface area contributed by atoms with Gasteiger partial charge in [-0.15, -0.1) is 24.0 Å². The van der Waals surface area contributed by atoms with Gasteiger partial charge in [-0.25, -0.2) is 0 Å². The first-order chi connectivity index (χ1) is 12.3. The number of carbonyl (C=O) groups excluding carboxylic acids is 2. The summed E-state index contributed by atoms with van der Waals surface area (Å²) in [6, 6.07) is 7.65. The van der Waals surface area contributed by atoms with Crippen molar-refractivity contribution in [3.05, 3.63) is 35.4 Å². The van der Waals surface area contributed by atoms with Crippen molar-refractivity contribution in [3.8, 4) is 0 Å². The number of nitrogens with zero attached hydrogens (tertiary/aromatic N) is 2. The van der Waals surface area contributed by atoms with E-state index in [0.29, 0.717) is 31.2 Å². The van der Waals surface area contributed by atoms with Gasteiger partial charge in [-0.2, -0.15) is 0 Å². The van der Waals surface area contributed by atoms with Crippen LogP contribution in [0.4, 0.5) is 0 Å². The second-order valence-electron chi connectivity index (χ2n) is 6.52. The maximum absolute atomic E-state index is 12.0. The van der Waals surface area contributed by atoms with Crippen molar-refractivity contribution in [3.63, 3.8) is 0 Å². The lowest BCUT2D eigenvalue weighted by atomic mass is 10.1. The minimum absolute atomic E-state index is 0. The van der Waals surface area contributed by atoms with Gasteiger partial charge >= 0.3 is 0 Å². The van der Waals surface area contributed by atoms with Gasteiger partial charge in [-0.05, 0) is 24.1 Å². The van der Waals surface area contributed by atoms with E-state index in [1.165, 1.54) is 0 Å². The lowest BCUT2D eigenvalue weighted by molar-refractivity contribution is -0.123. The second-order valence-corrected chi connectivity index (χ2v) is 6.52. The SMILES string of the molecule is CN=C(NCCNC(=O)C(C)C)NCCc1cccc(C(=O)N(C)C)c1.I. The van der Waals surface area contributed by atoms with E-state index in [1.807, 2.05) is 38.1 Å². The number of hydrogen-bond donors (Lipinski definition) is 3. The Morgan fingerprint density at radius 3 is 2.30 bits per heavy atom. The second kappa shape index (κ2) is 13.3. The first-order valence-electron chi connectivity index (χ1n) is 8.88. The molecule has 1 aromatic carbocycles. The van der Waals surface area contributed by atoms with Gasteiger partial charge in [0.1, 0.15) is 0 Å². The highest BCUT2D eigenvalue weighted by molar-refractivity contribution is 14.0. The molecule has 0 aliphatic carbocycles. The average molecular weight is 489 g/mol. The van der Waals surface area contributed by atoms with E-state index in [2.05, 4.69) is 20.9 Å². The molecule has 0 aliphatic heterocycles. The number of benzene rings is 1. The highest BCUT2D eigenvalue weighted by atomic mass is 127. The standard InChI is InChI=1S/C19H31N5O2.HI/c1-14(2)17(25)21-11-12-23-19(20-3)22-10-9-15-7-6-8-16(13-15)18(26)24(4)5;/h6-8,13-14H,9-12H2,1-5H3,(H,21,25)(H2,20,22,23);1H. The fourth-order valence-corrected chi connectivity index (χ4v) is 2.23. The molecule has 0 spiro atoms. The molecule has 0 aromatic heterocycles. The molecule has 0 saturated carbocycles. The monoisotopic (exact) mass is 489 g/mol. The summed E-state index contributed by atoms with van der Waals surface area (Å²) in [5, 5.41) is 9.24. The van der Waals surface area contributed by atoms with E-state index in [9.17, 15) is 9.59 Å². The molecule has 0 saturated heterocycles. The number of nitrogens with one attached hydrogen (secondary N) is 3. The smallest absolute Gasteiger partial charge is 0.253 e. The molecule has 0 fully saturated rings. The van der Waals surface area contributed by atoms with Gasteiger partial charge in [-0.3, -0.25) is 14.6 Å². The van der Waals surface area contributed by atoms with Crippen LogP contribution in [0.1, 0.15) is 29.8 Å². The van der Waals surface area contributed by atoms with E-state index in [1.54, 1.807) is 26.0 Å². The molecular formula is C19H32IN5O2. The zero-order valence-corrected chi connectivity index (χ0v) is 19.2. The number of guanidine groups is 1. The Hall–Kier alpha value is -1.84. The molecule has 7 nitrogen and oxygen atoms in total. The predicted octanol–water partition coefficient (Wildman–Crippen LogP) is 1.49. The van der Waals surface area contributed by atoms with Crippen LogP contribution in [0.25, 0.3) is 0 Å². The fraction of sp³-hybridized carbons (Fsp3) is 0.526. The third-order valence-electron chi connectivity index (χ3n) is 3.75. The Bertz CT molecular complexity index is 632. The summed E-state index contributed by atoms with van der Waals surface area (Å²) in [6.07, 6.45) is 0.777. The van der Waals surface area contributed by atoms with Crippen LogP contribution < -0.4 is 16.0 Å². The van der Waals surface area contributed by atoms with Crippen LogP contribution >= 0.6 is 24.0 Å². The van der Waals surface area contributed by atoms with Crippen LogP contribution in [0.5, 0.6) is 0 Å². The molecule has 0 heterocycles. The van der Waals surface area contributed by atoms with Crippen molar-refractivity contribution in [2.75, 3.05) is 40.8 Å². The Morgan fingerprint density at radius 2 is 1.70 bits per heavy atom. The first kappa shape index (κ1) is 25.2. The maximum atomic E-state index is 12.0. The quantitative estimate of drug-likeness (QED) is 0.224. The molecule has 2 amide bonds. The van der Waals surface area contributed by atoms with Gasteiger partial charge in [0, 0.05) is 52.3 Å². The maximum Gasteiger partial charge on any atom is 0.253 e. The van der Waals surface area contributed by atoms with Crippen molar-refractivity contribution in [2.24, 2.45) is 10.9 Å². The largest absolute Gasteiger partial charge is 0.356 e. The van der Waals surface area contributed by atoms with Crippen molar-refractivity contribution in [1.29, 1.82) is 0 Å². The van der Waals surface area contributed by atoms with Crippen LogP contribution in [-0.2, 0) is 11.2 Å². The van der Waals surface area contributed by atoms with E-state index in [-0.39, 0.29) is 41.7 Å². The summed E-state index contributed by atoms with van der Waals surface area (Å²) in [5.74, 6) is 0.717. The molecule has 152 valence electrons. The van der Waals surface area contributed by atoms with E-state index in [0.717, 1.165) is 12.0 Å². The van der Waals surface area contributed by atoms with E-state index < -0.39 is 0 Å². The predicted molar refractivity (Wildman–Crippen MR) is 121 cm³/mol. The number of rotatable bonds is 8. The first-order valence-corrected chi connectivity index (χ1v) is 8.88. The summed E-state index contributed by atoms with van der Waals surface area (Å²) >= 11 is 0. The van der Waals surface area contributed by atoms with Gasteiger partial charge in [0.05, 0.1) is 0 Å². The number of halogens is 1.